The second-order valence-corrected chi connectivity index (χ2v) is 25.3. The average Bonchev–Trinajstić information content (AvgIpc) is 3.92. The van der Waals surface area contributed by atoms with Gasteiger partial charge in [-0.3, -0.25) is 28.1 Å². The topological polar surface area (TPSA) is 454 Å². The van der Waals surface area contributed by atoms with Gasteiger partial charge in [-0.15, -0.1) is 0 Å². The van der Waals surface area contributed by atoms with Gasteiger partial charge in [-0.25, -0.2) is 19.3 Å². The van der Waals surface area contributed by atoms with Crippen molar-refractivity contribution in [3.05, 3.63) is 12.7 Å². The van der Waals surface area contributed by atoms with E-state index in [9.17, 15) is 73.2 Å². The number of aliphatic hydroxyl groups is 5. The summed E-state index contributed by atoms with van der Waals surface area (Å²) in [5.74, 6) is -1.38. The van der Waals surface area contributed by atoms with Crippen molar-refractivity contribution in [1.29, 1.82) is 0 Å². The van der Waals surface area contributed by atoms with Crippen LogP contribution in [0.15, 0.2) is 12.7 Å². The van der Waals surface area contributed by atoms with Gasteiger partial charge in [0.1, 0.15) is 42.4 Å². The van der Waals surface area contributed by atoms with Gasteiger partial charge in [0.25, 0.3) is 15.6 Å². The number of anilines is 1. The van der Waals surface area contributed by atoms with Crippen LogP contribution in [0.25, 0.3) is 11.2 Å². The molecule has 0 saturated carbocycles. The molecule has 9 N–H and O–H groups in total. The largest absolute Gasteiger partial charge is 0.790 e. The fraction of sp³-hybridized carbons (Fsp3) is 0.822. The maximum atomic E-state index is 12.7. The van der Waals surface area contributed by atoms with E-state index < -0.39 is 109 Å². The lowest BCUT2D eigenvalue weighted by Gasteiger charge is -2.36. The Morgan fingerprint density at radius 3 is 2.13 bits per heavy atom. The van der Waals surface area contributed by atoms with Crippen LogP contribution in [0.3, 0.4) is 0 Å². The van der Waals surface area contributed by atoms with E-state index in [1.165, 1.54) is 33.1 Å². The summed E-state index contributed by atoms with van der Waals surface area (Å²) in [5, 5.41) is 56.5. The van der Waals surface area contributed by atoms with Gasteiger partial charge in [0, 0.05) is 43.5 Å². The molecule has 0 aromatic carbocycles. The molecular weight excluding hydrogens is 1120 g/mol. The SMILES string of the molecule is C[C@H](CCCCCCCCCCCCC[C@@H](O)CC(=O)SCCNC(=O)CCNC(=O)[C@H](O)C(C)(C)COP(=O)([O-])OP(=O)([O-])OC[C@H]1O[C@@H](n2cnc3c(N)ncnc32)[C@H](O)[C@@H]1OP(=O)([O-])[O-])O[C@@H]1O[C@@H](C)[C@H](O)C[C@H]1O. The zero-order valence-corrected chi connectivity index (χ0v) is 47.6. The number of hydrogen-bond acceptors (Lipinski definition) is 27. The van der Waals surface area contributed by atoms with Crippen LogP contribution >= 0.6 is 35.2 Å². The van der Waals surface area contributed by atoms with Crippen molar-refractivity contribution in [3.8, 4) is 0 Å². The fourth-order valence-electron chi connectivity index (χ4n) is 8.39. The molecular formula is C45H76N7O22P3S-4. The van der Waals surface area contributed by atoms with Crippen LogP contribution in [0.2, 0.25) is 0 Å². The van der Waals surface area contributed by atoms with E-state index >= 15 is 0 Å². The lowest BCUT2D eigenvalue weighted by Crippen LogP contribution is -2.48. The zero-order chi connectivity index (χ0) is 57.8. The molecule has 2 unspecified atom stereocenters. The van der Waals surface area contributed by atoms with Crippen molar-refractivity contribution in [2.45, 2.75) is 198 Å². The highest BCUT2D eigenvalue weighted by atomic mass is 32.2. The molecule has 29 nitrogen and oxygen atoms in total. The van der Waals surface area contributed by atoms with Crippen LogP contribution in [0.4, 0.5) is 5.82 Å². The zero-order valence-electron chi connectivity index (χ0n) is 44.1. The summed E-state index contributed by atoms with van der Waals surface area (Å²) in [6.07, 6.45) is 2.49. The number of nitrogens with zero attached hydrogens (tertiary/aromatic N) is 4. The summed E-state index contributed by atoms with van der Waals surface area (Å²) in [5.41, 5.74) is 4.04. The van der Waals surface area contributed by atoms with Crippen LogP contribution in [0, 0.1) is 5.41 Å². The number of unbranched alkanes of at least 4 members (excludes halogenated alkanes) is 10. The maximum Gasteiger partial charge on any atom is 0.274 e. The maximum absolute atomic E-state index is 12.7. The molecule has 13 atom stereocenters. The van der Waals surface area contributed by atoms with Crippen molar-refractivity contribution in [2.75, 3.05) is 37.8 Å². The number of carbonyl (C=O) groups is 3. The molecule has 33 heteroatoms. The number of carbonyl (C=O) groups excluding carboxylic acids is 3. The number of phosphoric acid groups is 3. The Bertz CT molecular complexity index is 2340. The summed E-state index contributed by atoms with van der Waals surface area (Å²) in [4.78, 5) is 97.2. The van der Waals surface area contributed by atoms with Crippen LogP contribution in [0.1, 0.15) is 137 Å². The van der Waals surface area contributed by atoms with Crippen molar-refractivity contribution in [1.82, 2.24) is 30.2 Å². The minimum absolute atomic E-state index is 0.0146. The van der Waals surface area contributed by atoms with Gasteiger partial charge < -0.3 is 93.8 Å². The first-order valence-corrected chi connectivity index (χ1v) is 31.3. The van der Waals surface area contributed by atoms with Gasteiger partial charge in [0.05, 0.1) is 51.8 Å². The molecule has 2 fully saturated rings. The van der Waals surface area contributed by atoms with Crippen molar-refractivity contribution in [2.24, 2.45) is 5.41 Å². The van der Waals surface area contributed by atoms with E-state index in [0.717, 1.165) is 86.8 Å². The number of amides is 2. The quantitative estimate of drug-likeness (QED) is 0.0331. The van der Waals surface area contributed by atoms with E-state index in [1.54, 1.807) is 6.92 Å². The summed E-state index contributed by atoms with van der Waals surface area (Å²) in [6, 6.07) is 0. The third kappa shape index (κ3) is 23.7. The lowest BCUT2D eigenvalue weighted by molar-refractivity contribution is -0.347. The second kappa shape index (κ2) is 32.3. The number of aliphatic hydroxyl groups excluding tert-OH is 5. The van der Waals surface area contributed by atoms with Crippen molar-refractivity contribution in [3.63, 3.8) is 0 Å². The first-order valence-electron chi connectivity index (χ1n) is 25.9. The molecule has 2 aromatic rings. The molecule has 4 heterocycles. The fourth-order valence-corrected chi connectivity index (χ4v) is 11.9. The Labute approximate surface area is 456 Å². The van der Waals surface area contributed by atoms with Crippen LogP contribution in [-0.2, 0) is 60.2 Å². The number of nitrogen functional groups attached to an aromatic ring is 1. The number of fused-ring (bicyclic) bond motifs is 1. The lowest BCUT2D eigenvalue weighted by atomic mass is 9.87. The summed E-state index contributed by atoms with van der Waals surface area (Å²) in [6.45, 7) is 3.68. The molecule has 78 heavy (non-hydrogen) atoms. The van der Waals surface area contributed by atoms with E-state index in [-0.39, 0.29) is 72.4 Å². The number of imidazole rings is 1. The highest BCUT2D eigenvalue weighted by Crippen LogP contribution is 2.56. The number of hydrogen-bond donors (Lipinski definition) is 8. The predicted octanol–water partition coefficient (Wildman–Crippen LogP) is 0.221. The van der Waals surface area contributed by atoms with Crippen molar-refractivity contribution >= 4 is 69.1 Å². The molecule has 2 aliphatic rings. The highest BCUT2D eigenvalue weighted by molar-refractivity contribution is 8.13. The van der Waals surface area contributed by atoms with Gasteiger partial charge in [-0.2, -0.15) is 0 Å². The molecule has 0 aliphatic carbocycles. The first-order chi connectivity index (χ1) is 36.6. The second-order valence-electron chi connectivity index (χ2n) is 20.1. The Morgan fingerprint density at radius 2 is 1.49 bits per heavy atom. The average molecular weight is 1190 g/mol. The van der Waals surface area contributed by atoms with Gasteiger partial charge >= 0.3 is 0 Å². The minimum atomic E-state index is -5.94. The molecule has 2 aromatic heterocycles. The number of nitrogens with two attached hydrogens (primary N) is 1. The third-order valence-corrected chi connectivity index (χ3v) is 16.8. The van der Waals surface area contributed by atoms with E-state index in [4.69, 9.17) is 19.9 Å². The van der Waals surface area contributed by atoms with E-state index in [2.05, 4.69) is 43.5 Å². The van der Waals surface area contributed by atoms with Gasteiger partial charge in [0.2, 0.25) is 11.8 Å². The number of nitrogens with one attached hydrogen (secondary N) is 2. The summed E-state index contributed by atoms with van der Waals surface area (Å²) >= 11 is 0.970. The van der Waals surface area contributed by atoms with Gasteiger partial charge in [-0.05, 0) is 26.7 Å². The molecule has 4 rings (SSSR count). The number of rotatable bonds is 37. The molecule has 0 spiro atoms. The first kappa shape index (κ1) is 67.9. The normalized spacial score (nSPS) is 24.8. The number of phosphoric ester groups is 3. The molecule has 448 valence electrons. The van der Waals surface area contributed by atoms with Gasteiger partial charge in [0.15, 0.2) is 29.1 Å². The Morgan fingerprint density at radius 1 is 0.872 bits per heavy atom. The molecule has 2 saturated heterocycles. The Kier molecular flexibility index (Phi) is 28.1. The molecule has 2 aliphatic heterocycles. The van der Waals surface area contributed by atoms with Gasteiger partial charge in [-0.1, -0.05) is 96.2 Å². The molecule has 2 amide bonds. The number of thioether (sulfide) groups is 1. The Hall–Kier alpha value is -2.64. The predicted molar refractivity (Wildman–Crippen MR) is 270 cm³/mol. The highest BCUT2D eigenvalue weighted by Gasteiger charge is 2.47. The van der Waals surface area contributed by atoms with E-state index in [0.29, 0.717) is 6.42 Å². The van der Waals surface area contributed by atoms with E-state index in [1.807, 2.05) is 6.92 Å². The summed E-state index contributed by atoms with van der Waals surface area (Å²) in [7, 11) is -17.7. The van der Waals surface area contributed by atoms with Crippen LogP contribution < -0.4 is 35.9 Å². The third-order valence-electron chi connectivity index (χ3n) is 12.8. The molecule has 0 radical (unpaired) electrons. The standard InChI is InChI=1S/C45H80N7O22P3S/c1-28(70-44-32(55)23-31(54)29(2)71-44)16-14-12-10-8-6-5-7-9-11-13-15-17-30(53)22-35(57)78-21-20-47-34(56)18-19-48-42(60)39(59)45(3,4)25-69-77(66,67)74-76(64,65)68-24-33-38(73-75(61,62)63)37(58)43(72-33)52-27-51-36-40(46)49-26-50-41(36)52/h26-33,37-39,43-44,53-55,58-59H,5-25H2,1-4H3,(H,47,56)(H,48,60)(H,64,65)(H,66,67)(H2,46,49,50)(H2,61,62,63)/p-4/t28-,29+,30-,31-,32-,33-,37-,38-,39+,43-,44-/m1/s1. The van der Waals surface area contributed by atoms with Crippen molar-refractivity contribution < 1.29 is 105 Å². The number of aromatic nitrogens is 4. The smallest absolute Gasteiger partial charge is 0.274 e. The monoisotopic (exact) mass is 1190 g/mol. The summed E-state index contributed by atoms with van der Waals surface area (Å²) < 4.78 is 72.4. The molecule has 0 bridgehead atoms. The van der Waals surface area contributed by atoms with Crippen LogP contribution in [0.5, 0.6) is 0 Å². The van der Waals surface area contributed by atoms with Crippen LogP contribution in [-0.4, -0.2) is 155 Å². The Balaban J connectivity index is 1.00. The minimum Gasteiger partial charge on any atom is -0.790 e. The number of ether oxygens (including phenoxy) is 3.